The lowest BCUT2D eigenvalue weighted by Crippen LogP contribution is -2.35. The summed E-state index contributed by atoms with van der Waals surface area (Å²) in [6, 6.07) is 10.9. The monoisotopic (exact) mass is 414 g/mol. The molecule has 0 heterocycles. The van der Waals surface area contributed by atoms with Crippen molar-refractivity contribution < 1.29 is 26.0 Å². The lowest BCUT2D eigenvalue weighted by atomic mass is 10.1. The van der Waals surface area contributed by atoms with E-state index in [0.717, 1.165) is 6.26 Å². The third-order valence-corrected chi connectivity index (χ3v) is 6.33. The lowest BCUT2D eigenvalue weighted by molar-refractivity contribution is -0.120. The number of sulfone groups is 1. The minimum absolute atomic E-state index is 0.00553. The highest BCUT2D eigenvalue weighted by molar-refractivity contribution is 7.93. The van der Waals surface area contributed by atoms with Gasteiger partial charge in [-0.3, -0.25) is 4.79 Å². The van der Waals surface area contributed by atoms with Crippen LogP contribution in [0.5, 0.6) is 0 Å². The maximum Gasteiger partial charge on any atom is 0.241 e. The number of hydrogen-bond donors (Lipinski definition) is 2. The molecule has 146 valence electrons. The quantitative estimate of drug-likeness (QED) is 0.623. The Balaban J connectivity index is 1.92. The molecule has 0 spiro atoms. The molecule has 0 bridgehead atoms. The third-order valence-electron chi connectivity index (χ3n) is 3.53. The van der Waals surface area contributed by atoms with E-state index in [0.29, 0.717) is 5.56 Å². The molecular weight excluding hydrogens is 395 g/mol. The molecule has 10 heteroatoms. The number of carbonyl (C=O) groups is 1. The summed E-state index contributed by atoms with van der Waals surface area (Å²) in [6.07, 6.45) is 0.884. The van der Waals surface area contributed by atoms with Crippen LogP contribution in [0.1, 0.15) is 5.56 Å². The van der Waals surface area contributed by atoms with Gasteiger partial charge in [0.2, 0.25) is 15.9 Å². The SMILES string of the molecule is CS(=O)(=O)c1ccccc1S(=O)(=O)NCCNC(=O)Cc1cccc(F)c1. The van der Waals surface area contributed by atoms with Crippen molar-refractivity contribution in [3.8, 4) is 0 Å². The molecular formula is C17H19FN2O5S2. The molecule has 0 saturated heterocycles. The fourth-order valence-corrected chi connectivity index (χ4v) is 5.00. The predicted molar refractivity (Wildman–Crippen MR) is 97.9 cm³/mol. The molecule has 2 rings (SSSR count). The Labute approximate surface area is 157 Å². The molecule has 0 aliphatic carbocycles. The van der Waals surface area contributed by atoms with Gasteiger partial charge in [-0.2, -0.15) is 0 Å². The summed E-state index contributed by atoms with van der Waals surface area (Å²) in [5.74, 6) is -0.839. The standard InChI is InChI=1S/C17H19FN2O5S2/c1-26(22,23)15-7-2-3-8-16(15)27(24,25)20-10-9-19-17(21)12-13-5-4-6-14(18)11-13/h2-8,11,20H,9-10,12H2,1H3,(H,19,21). The van der Waals surface area contributed by atoms with Gasteiger partial charge < -0.3 is 5.32 Å². The molecule has 0 aliphatic rings. The zero-order valence-corrected chi connectivity index (χ0v) is 16.1. The van der Waals surface area contributed by atoms with Crippen LogP contribution in [0, 0.1) is 5.82 Å². The van der Waals surface area contributed by atoms with E-state index in [1.54, 1.807) is 6.07 Å². The highest BCUT2D eigenvalue weighted by Crippen LogP contribution is 2.20. The molecule has 0 unspecified atom stereocenters. The maximum absolute atomic E-state index is 13.1. The van der Waals surface area contributed by atoms with Crippen LogP contribution < -0.4 is 10.0 Å². The van der Waals surface area contributed by atoms with E-state index < -0.39 is 31.6 Å². The molecule has 0 saturated carbocycles. The van der Waals surface area contributed by atoms with Crippen LogP contribution >= 0.6 is 0 Å². The van der Waals surface area contributed by atoms with Gasteiger partial charge in [-0.15, -0.1) is 0 Å². The largest absolute Gasteiger partial charge is 0.355 e. The Kier molecular flexibility index (Phi) is 6.68. The Morgan fingerprint density at radius 1 is 0.963 bits per heavy atom. The minimum Gasteiger partial charge on any atom is -0.355 e. The summed E-state index contributed by atoms with van der Waals surface area (Å²) in [6.45, 7) is -0.135. The third kappa shape index (κ3) is 6.12. The highest BCUT2D eigenvalue weighted by Gasteiger charge is 2.22. The maximum atomic E-state index is 13.1. The second-order valence-corrected chi connectivity index (χ2v) is 9.49. The number of amides is 1. The van der Waals surface area contributed by atoms with Crippen LogP contribution in [0.15, 0.2) is 58.3 Å². The summed E-state index contributed by atoms with van der Waals surface area (Å²) >= 11 is 0. The number of sulfonamides is 1. The Morgan fingerprint density at radius 3 is 2.26 bits per heavy atom. The highest BCUT2D eigenvalue weighted by atomic mass is 32.2. The normalized spacial score (nSPS) is 11.9. The van der Waals surface area contributed by atoms with Crippen LogP contribution in [-0.4, -0.2) is 42.1 Å². The number of hydrogen-bond acceptors (Lipinski definition) is 5. The van der Waals surface area contributed by atoms with Crippen LogP contribution in [0.4, 0.5) is 4.39 Å². The van der Waals surface area contributed by atoms with E-state index >= 15 is 0 Å². The first-order valence-electron chi connectivity index (χ1n) is 7.89. The zero-order chi connectivity index (χ0) is 20.1. The molecule has 0 fully saturated rings. The molecule has 2 N–H and O–H groups in total. The number of halogens is 1. The topological polar surface area (TPSA) is 109 Å². The van der Waals surface area contributed by atoms with Gasteiger partial charge in [-0.25, -0.2) is 25.9 Å². The summed E-state index contributed by atoms with van der Waals surface area (Å²) in [7, 11) is -7.78. The molecule has 2 aromatic carbocycles. The van der Waals surface area contributed by atoms with Crippen LogP contribution in [0.25, 0.3) is 0 Å². The number of carbonyl (C=O) groups excluding carboxylic acids is 1. The lowest BCUT2D eigenvalue weighted by Gasteiger charge is -2.11. The van der Waals surface area contributed by atoms with Crippen LogP contribution in [-0.2, 0) is 31.1 Å². The van der Waals surface area contributed by atoms with E-state index in [1.807, 2.05) is 0 Å². The number of benzene rings is 2. The number of rotatable bonds is 8. The van der Waals surface area contributed by atoms with Gasteiger partial charge in [0.05, 0.1) is 11.3 Å². The van der Waals surface area contributed by atoms with E-state index in [-0.39, 0.29) is 29.3 Å². The summed E-state index contributed by atoms with van der Waals surface area (Å²) in [4.78, 5) is 11.2. The van der Waals surface area contributed by atoms with Gasteiger partial charge >= 0.3 is 0 Å². The molecule has 1 amide bonds. The zero-order valence-electron chi connectivity index (χ0n) is 14.5. The fourth-order valence-electron chi connectivity index (χ4n) is 2.34. The minimum atomic E-state index is -4.07. The molecule has 0 radical (unpaired) electrons. The van der Waals surface area contributed by atoms with E-state index in [1.165, 1.54) is 42.5 Å². The summed E-state index contributed by atoms with van der Waals surface area (Å²) in [5.41, 5.74) is 0.496. The van der Waals surface area contributed by atoms with Crippen molar-refractivity contribution >= 4 is 25.8 Å². The van der Waals surface area contributed by atoms with Crippen molar-refractivity contribution in [1.29, 1.82) is 0 Å². The molecule has 0 atom stereocenters. The first-order valence-corrected chi connectivity index (χ1v) is 11.3. The smallest absolute Gasteiger partial charge is 0.241 e. The van der Waals surface area contributed by atoms with Crippen molar-refractivity contribution in [2.75, 3.05) is 19.3 Å². The Bertz CT molecular complexity index is 1040. The molecule has 0 aromatic heterocycles. The summed E-state index contributed by atoms with van der Waals surface area (Å²) < 4.78 is 63.5. The van der Waals surface area contributed by atoms with E-state index in [4.69, 9.17) is 0 Å². The van der Waals surface area contributed by atoms with Gasteiger partial charge in [0.25, 0.3) is 0 Å². The second-order valence-electron chi connectivity index (χ2n) is 5.77. The van der Waals surface area contributed by atoms with E-state index in [2.05, 4.69) is 10.0 Å². The fraction of sp³-hybridized carbons (Fsp3) is 0.235. The van der Waals surface area contributed by atoms with E-state index in [9.17, 15) is 26.0 Å². The Hall–Kier alpha value is -2.30. The first kappa shape index (κ1) is 21.0. The summed E-state index contributed by atoms with van der Waals surface area (Å²) in [5, 5.41) is 2.51. The van der Waals surface area contributed by atoms with Gasteiger partial charge in [-0.1, -0.05) is 24.3 Å². The number of nitrogens with one attached hydrogen (secondary N) is 2. The van der Waals surface area contributed by atoms with Crippen LogP contribution in [0.2, 0.25) is 0 Å². The average molecular weight is 414 g/mol. The predicted octanol–water partition coefficient (Wildman–Crippen LogP) is 0.866. The van der Waals surface area contributed by atoms with Crippen molar-refractivity contribution in [3.05, 3.63) is 59.9 Å². The van der Waals surface area contributed by atoms with Crippen molar-refractivity contribution in [2.45, 2.75) is 16.2 Å². The van der Waals surface area contributed by atoms with Crippen LogP contribution in [0.3, 0.4) is 0 Å². The van der Waals surface area contributed by atoms with Crippen molar-refractivity contribution in [1.82, 2.24) is 10.0 Å². The average Bonchev–Trinajstić information content (AvgIpc) is 2.58. The van der Waals surface area contributed by atoms with Gasteiger partial charge in [0, 0.05) is 19.3 Å². The molecule has 7 nitrogen and oxygen atoms in total. The van der Waals surface area contributed by atoms with Gasteiger partial charge in [-0.05, 0) is 29.8 Å². The molecule has 27 heavy (non-hydrogen) atoms. The Morgan fingerprint density at radius 2 is 1.63 bits per heavy atom. The first-order chi connectivity index (χ1) is 12.6. The molecule has 0 aliphatic heterocycles. The van der Waals surface area contributed by atoms with Gasteiger partial charge in [0.15, 0.2) is 9.84 Å². The molecule has 2 aromatic rings. The van der Waals surface area contributed by atoms with Crippen molar-refractivity contribution in [2.24, 2.45) is 0 Å². The van der Waals surface area contributed by atoms with Gasteiger partial charge in [0.1, 0.15) is 10.7 Å². The second kappa shape index (κ2) is 8.59. The van der Waals surface area contributed by atoms with Crippen molar-refractivity contribution in [3.63, 3.8) is 0 Å².